The molecule has 2 N–H and O–H groups in total. The maximum atomic E-state index is 11.2. The van der Waals surface area contributed by atoms with Gasteiger partial charge in [0.2, 0.25) is 11.7 Å². The number of hydrogen-bond acceptors (Lipinski definition) is 6. The van der Waals surface area contributed by atoms with Crippen molar-refractivity contribution in [2.75, 3.05) is 0 Å². The molecule has 0 amide bonds. The number of thiophene rings is 1. The van der Waals surface area contributed by atoms with Gasteiger partial charge in [0.15, 0.2) is 0 Å². The minimum absolute atomic E-state index is 0.281. The lowest BCUT2D eigenvalue weighted by atomic mass is 9.77. The molecule has 100 valence electrons. The van der Waals surface area contributed by atoms with Crippen LogP contribution in [0.15, 0.2) is 21.3 Å². The summed E-state index contributed by atoms with van der Waals surface area (Å²) in [5.41, 5.74) is 0.105. The minimum Gasteiger partial charge on any atom is -0.480 e. The summed E-state index contributed by atoms with van der Waals surface area (Å²) in [5, 5.41) is 20.0. The van der Waals surface area contributed by atoms with Gasteiger partial charge in [0, 0.05) is 10.9 Å². The van der Waals surface area contributed by atoms with E-state index in [0.29, 0.717) is 24.6 Å². The molecule has 0 aliphatic heterocycles. The van der Waals surface area contributed by atoms with Crippen LogP contribution < -0.4 is 5.32 Å². The highest BCUT2D eigenvalue weighted by Gasteiger charge is 2.44. The number of rotatable bonds is 5. The number of carbonyl (C=O) groups is 1. The van der Waals surface area contributed by atoms with Crippen molar-refractivity contribution in [3.8, 4) is 11.4 Å². The van der Waals surface area contributed by atoms with Crippen LogP contribution >= 0.6 is 11.3 Å². The average molecular weight is 279 g/mol. The summed E-state index contributed by atoms with van der Waals surface area (Å²) >= 11 is 1.56. The Bertz CT molecular complexity index is 575. The predicted octanol–water partition coefficient (Wildman–Crippen LogP) is 1.89. The van der Waals surface area contributed by atoms with Crippen LogP contribution in [0, 0.1) is 0 Å². The summed E-state index contributed by atoms with van der Waals surface area (Å²) in [4.78, 5) is 15.4. The van der Waals surface area contributed by atoms with Gasteiger partial charge in [0.05, 0.1) is 6.54 Å². The van der Waals surface area contributed by atoms with Crippen molar-refractivity contribution in [1.29, 1.82) is 0 Å². The van der Waals surface area contributed by atoms with Crippen LogP contribution in [0.4, 0.5) is 0 Å². The third-order valence-electron chi connectivity index (χ3n) is 3.44. The van der Waals surface area contributed by atoms with Gasteiger partial charge in [-0.25, -0.2) is 0 Å². The molecule has 6 nitrogen and oxygen atoms in total. The summed E-state index contributed by atoms with van der Waals surface area (Å²) in [7, 11) is 0. The maximum absolute atomic E-state index is 11.2. The molecule has 19 heavy (non-hydrogen) atoms. The van der Waals surface area contributed by atoms with Crippen LogP contribution in [0.2, 0.25) is 0 Å². The number of carboxylic acids is 1. The molecular formula is C12H13N3O3S. The Morgan fingerprint density at radius 2 is 2.42 bits per heavy atom. The van der Waals surface area contributed by atoms with Gasteiger partial charge >= 0.3 is 5.97 Å². The highest BCUT2D eigenvalue weighted by Crippen LogP contribution is 2.32. The van der Waals surface area contributed by atoms with Crippen LogP contribution in [-0.4, -0.2) is 26.8 Å². The van der Waals surface area contributed by atoms with Gasteiger partial charge in [-0.15, -0.1) is 0 Å². The molecule has 1 saturated carbocycles. The fraction of sp³-hybridized carbons (Fsp3) is 0.417. The molecule has 2 aromatic heterocycles. The Morgan fingerprint density at radius 1 is 1.58 bits per heavy atom. The predicted molar refractivity (Wildman–Crippen MR) is 68.7 cm³/mol. The van der Waals surface area contributed by atoms with E-state index in [2.05, 4.69) is 15.5 Å². The smallest absolute Gasteiger partial charge is 0.323 e. The molecule has 0 radical (unpaired) electrons. The standard InChI is InChI=1S/C12H13N3O3S/c16-11(17)12(3-1-4-12)13-6-9-14-10(15-18-9)8-2-5-19-7-8/h2,5,7,13H,1,3-4,6H2,(H,16,17). The second kappa shape index (κ2) is 4.75. The highest BCUT2D eigenvalue weighted by atomic mass is 32.1. The highest BCUT2D eigenvalue weighted by molar-refractivity contribution is 7.08. The molecule has 7 heteroatoms. The lowest BCUT2D eigenvalue weighted by molar-refractivity contribution is -0.149. The third kappa shape index (κ3) is 2.26. The largest absolute Gasteiger partial charge is 0.480 e. The lowest BCUT2D eigenvalue weighted by Crippen LogP contribution is -2.56. The molecule has 0 saturated heterocycles. The second-order valence-electron chi connectivity index (χ2n) is 4.62. The Labute approximate surface area is 113 Å². The normalized spacial score (nSPS) is 17.1. The number of nitrogens with zero attached hydrogens (tertiary/aromatic N) is 2. The van der Waals surface area contributed by atoms with E-state index >= 15 is 0 Å². The van der Waals surface area contributed by atoms with E-state index < -0.39 is 11.5 Å². The van der Waals surface area contributed by atoms with Crippen molar-refractivity contribution in [3.05, 3.63) is 22.7 Å². The summed E-state index contributed by atoms with van der Waals surface area (Å²) in [6.45, 7) is 0.281. The molecule has 0 atom stereocenters. The fourth-order valence-corrected chi connectivity index (χ4v) is 2.71. The first-order valence-electron chi connectivity index (χ1n) is 6.03. The van der Waals surface area contributed by atoms with Gasteiger partial charge in [-0.2, -0.15) is 16.3 Å². The molecule has 1 aliphatic carbocycles. The summed E-state index contributed by atoms with van der Waals surface area (Å²) in [5.74, 6) is 0.140. The Balaban J connectivity index is 1.66. The lowest BCUT2D eigenvalue weighted by Gasteiger charge is -2.38. The summed E-state index contributed by atoms with van der Waals surface area (Å²) in [6.07, 6.45) is 2.23. The number of carboxylic acid groups (broad SMARTS) is 1. The number of nitrogens with one attached hydrogen (secondary N) is 1. The minimum atomic E-state index is -0.809. The van der Waals surface area contributed by atoms with Crippen molar-refractivity contribution in [1.82, 2.24) is 15.5 Å². The zero-order valence-corrected chi connectivity index (χ0v) is 10.9. The Kier molecular flexibility index (Phi) is 3.08. The van der Waals surface area contributed by atoms with Gasteiger partial charge < -0.3 is 9.63 Å². The molecule has 2 heterocycles. The first-order valence-corrected chi connectivity index (χ1v) is 6.97. The van der Waals surface area contributed by atoms with Gasteiger partial charge in [0.1, 0.15) is 5.54 Å². The van der Waals surface area contributed by atoms with E-state index in [4.69, 9.17) is 4.52 Å². The number of aromatic nitrogens is 2. The number of aliphatic carboxylic acids is 1. The first-order chi connectivity index (χ1) is 9.20. The van der Waals surface area contributed by atoms with Crippen LogP contribution in [-0.2, 0) is 11.3 Å². The van der Waals surface area contributed by atoms with Crippen molar-refractivity contribution < 1.29 is 14.4 Å². The van der Waals surface area contributed by atoms with E-state index in [0.717, 1.165) is 12.0 Å². The monoisotopic (exact) mass is 279 g/mol. The number of hydrogen-bond donors (Lipinski definition) is 2. The molecule has 2 aromatic rings. The molecule has 0 aromatic carbocycles. The zero-order valence-electron chi connectivity index (χ0n) is 10.1. The van der Waals surface area contributed by atoms with E-state index in [-0.39, 0.29) is 6.54 Å². The Hall–Kier alpha value is -1.73. The summed E-state index contributed by atoms with van der Waals surface area (Å²) < 4.78 is 5.12. The molecule has 0 spiro atoms. The van der Waals surface area contributed by atoms with E-state index in [1.165, 1.54) is 0 Å². The molecular weight excluding hydrogens is 266 g/mol. The summed E-state index contributed by atoms with van der Waals surface area (Å²) in [6, 6.07) is 1.91. The van der Waals surface area contributed by atoms with Crippen molar-refractivity contribution in [3.63, 3.8) is 0 Å². The first kappa shape index (κ1) is 12.3. The van der Waals surface area contributed by atoms with E-state index in [1.807, 2.05) is 16.8 Å². The van der Waals surface area contributed by atoms with Gasteiger partial charge in [0.25, 0.3) is 0 Å². The van der Waals surface area contributed by atoms with Crippen molar-refractivity contribution >= 4 is 17.3 Å². The molecule has 0 unspecified atom stereocenters. The van der Waals surface area contributed by atoms with Crippen LogP contribution in [0.1, 0.15) is 25.2 Å². The van der Waals surface area contributed by atoms with Crippen molar-refractivity contribution in [2.45, 2.75) is 31.3 Å². The van der Waals surface area contributed by atoms with Crippen LogP contribution in [0.25, 0.3) is 11.4 Å². The van der Waals surface area contributed by atoms with Crippen molar-refractivity contribution in [2.24, 2.45) is 0 Å². The molecule has 1 aliphatic rings. The molecule has 1 fully saturated rings. The van der Waals surface area contributed by atoms with Crippen LogP contribution in [0.3, 0.4) is 0 Å². The van der Waals surface area contributed by atoms with Gasteiger partial charge in [-0.3, -0.25) is 10.1 Å². The molecule has 0 bridgehead atoms. The van der Waals surface area contributed by atoms with Crippen LogP contribution in [0.5, 0.6) is 0 Å². The SMILES string of the molecule is O=C(O)C1(NCc2nc(-c3ccsc3)no2)CCC1. The fourth-order valence-electron chi connectivity index (χ4n) is 2.08. The van der Waals surface area contributed by atoms with E-state index in [1.54, 1.807) is 11.3 Å². The van der Waals surface area contributed by atoms with Gasteiger partial charge in [-0.05, 0) is 30.7 Å². The molecule has 3 rings (SSSR count). The maximum Gasteiger partial charge on any atom is 0.323 e. The third-order valence-corrected chi connectivity index (χ3v) is 4.13. The second-order valence-corrected chi connectivity index (χ2v) is 5.40. The topological polar surface area (TPSA) is 88.2 Å². The van der Waals surface area contributed by atoms with E-state index in [9.17, 15) is 9.90 Å². The quantitative estimate of drug-likeness (QED) is 0.869. The van der Waals surface area contributed by atoms with Gasteiger partial charge in [-0.1, -0.05) is 5.16 Å². The zero-order chi connectivity index (χ0) is 13.3. The Morgan fingerprint density at radius 3 is 3.00 bits per heavy atom. The average Bonchev–Trinajstić information content (AvgIpc) is 2.97.